The zero-order valence-electron chi connectivity index (χ0n) is 19.6. The van der Waals surface area contributed by atoms with E-state index in [2.05, 4.69) is 34.4 Å². The van der Waals surface area contributed by atoms with Gasteiger partial charge < -0.3 is 20.1 Å². The Morgan fingerprint density at radius 1 is 0.941 bits per heavy atom. The highest BCUT2D eigenvalue weighted by Gasteiger charge is 2.35. The maximum Gasteiger partial charge on any atom is 0.421 e. The lowest BCUT2D eigenvalue weighted by Crippen LogP contribution is -2.13. The van der Waals surface area contributed by atoms with Crippen LogP contribution in [0.25, 0.3) is 0 Å². The van der Waals surface area contributed by atoms with Gasteiger partial charge >= 0.3 is 6.18 Å². The number of aromatic nitrogens is 2. The highest BCUT2D eigenvalue weighted by atomic mass is 19.4. The van der Waals surface area contributed by atoms with Crippen molar-refractivity contribution >= 4 is 23.1 Å². The minimum absolute atomic E-state index is 0.0157. The molecule has 182 valence electrons. The molecule has 0 fully saturated rings. The highest BCUT2D eigenvalue weighted by Crippen LogP contribution is 2.36. The van der Waals surface area contributed by atoms with Crippen LogP contribution in [-0.2, 0) is 6.18 Å². The minimum atomic E-state index is -4.62. The number of nitrogens with zero attached hydrogens (tertiary/aromatic N) is 2. The number of halogens is 3. The Labute approximate surface area is 197 Å². The molecule has 3 aromatic rings. The second-order valence-corrected chi connectivity index (χ2v) is 8.30. The molecule has 0 spiro atoms. The second kappa shape index (κ2) is 11.1. The molecule has 1 aromatic heterocycles. The quantitative estimate of drug-likeness (QED) is 0.324. The van der Waals surface area contributed by atoms with Gasteiger partial charge in [0.15, 0.2) is 0 Å². The standard InChI is InChI=1S/C25H29F3N4O2/c1-5-17(4)34-21-8-6-7-19(13-21)30-23-22(25(26,27)28)14-29-24(32-23)31-18-9-11-20(12-10-18)33-15-16(2)3/h6-14,16-17H,5,15H2,1-4H3,(H2,29,30,31,32). The normalized spacial score (nSPS) is 12.4. The lowest BCUT2D eigenvalue weighted by Gasteiger charge is -2.16. The molecule has 6 nitrogen and oxygen atoms in total. The maximum atomic E-state index is 13.6. The Morgan fingerprint density at radius 3 is 2.32 bits per heavy atom. The van der Waals surface area contributed by atoms with Gasteiger partial charge in [-0.3, -0.25) is 0 Å². The Balaban J connectivity index is 1.81. The molecule has 0 saturated heterocycles. The van der Waals surface area contributed by atoms with Crippen molar-refractivity contribution in [3.8, 4) is 11.5 Å². The van der Waals surface area contributed by atoms with Gasteiger partial charge in [0, 0.05) is 23.6 Å². The summed E-state index contributed by atoms with van der Waals surface area (Å²) in [7, 11) is 0. The minimum Gasteiger partial charge on any atom is -0.493 e. The van der Waals surface area contributed by atoms with E-state index in [1.807, 2.05) is 13.8 Å². The third-order valence-corrected chi connectivity index (χ3v) is 4.80. The molecule has 1 atom stereocenters. The summed E-state index contributed by atoms with van der Waals surface area (Å²) in [5.41, 5.74) is 0.0675. The van der Waals surface area contributed by atoms with Gasteiger partial charge in [-0.15, -0.1) is 0 Å². The van der Waals surface area contributed by atoms with E-state index in [4.69, 9.17) is 9.47 Å². The summed E-state index contributed by atoms with van der Waals surface area (Å²) in [6.45, 7) is 8.61. The van der Waals surface area contributed by atoms with Crippen molar-refractivity contribution in [1.29, 1.82) is 0 Å². The van der Waals surface area contributed by atoms with Gasteiger partial charge in [0.2, 0.25) is 5.95 Å². The summed E-state index contributed by atoms with van der Waals surface area (Å²) in [6, 6.07) is 13.8. The molecule has 0 aliphatic carbocycles. The monoisotopic (exact) mass is 474 g/mol. The van der Waals surface area contributed by atoms with Crippen molar-refractivity contribution in [3.05, 3.63) is 60.3 Å². The van der Waals surface area contributed by atoms with Gasteiger partial charge in [-0.05, 0) is 55.7 Å². The SMILES string of the molecule is CCC(C)Oc1cccc(Nc2nc(Nc3ccc(OCC(C)C)cc3)ncc2C(F)(F)F)c1. The fourth-order valence-corrected chi connectivity index (χ4v) is 2.87. The van der Waals surface area contributed by atoms with Gasteiger partial charge in [-0.2, -0.15) is 18.2 Å². The van der Waals surface area contributed by atoms with E-state index >= 15 is 0 Å². The molecule has 1 heterocycles. The number of hydrogen-bond acceptors (Lipinski definition) is 6. The number of benzene rings is 2. The van der Waals surface area contributed by atoms with E-state index in [-0.39, 0.29) is 17.9 Å². The number of rotatable bonds is 10. The maximum absolute atomic E-state index is 13.6. The number of anilines is 4. The molecular formula is C25H29F3N4O2. The molecule has 2 N–H and O–H groups in total. The molecular weight excluding hydrogens is 445 g/mol. The Bertz CT molecular complexity index is 1070. The lowest BCUT2D eigenvalue weighted by molar-refractivity contribution is -0.137. The summed E-state index contributed by atoms with van der Waals surface area (Å²) in [5.74, 6) is 1.32. The average Bonchev–Trinajstić information content (AvgIpc) is 2.78. The molecule has 0 aliphatic rings. The third kappa shape index (κ3) is 7.26. The first-order chi connectivity index (χ1) is 16.1. The second-order valence-electron chi connectivity index (χ2n) is 8.30. The first-order valence-electron chi connectivity index (χ1n) is 11.1. The molecule has 2 aromatic carbocycles. The average molecular weight is 475 g/mol. The molecule has 34 heavy (non-hydrogen) atoms. The number of ether oxygens (including phenoxy) is 2. The van der Waals surface area contributed by atoms with E-state index in [1.54, 1.807) is 48.5 Å². The Morgan fingerprint density at radius 2 is 1.68 bits per heavy atom. The predicted molar refractivity (Wildman–Crippen MR) is 127 cm³/mol. The largest absolute Gasteiger partial charge is 0.493 e. The third-order valence-electron chi connectivity index (χ3n) is 4.80. The van der Waals surface area contributed by atoms with E-state index in [0.29, 0.717) is 35.4 Å². The van der Waals surface area contributed by atoms with Crippen LogP contribution in [0.5, 0.6) is 11.5 Å². The molecule has 0 bridgehead atoms. The summed E-state index contributed by atoms with van der Waals surface area (Å²) >= 11 is 0. The van der Waals surface area contributed by atoms with Gasteiger partial charge in [-0.25, -0.2) is 4.98 Å². The van der Waals surface area contributed by atoms with Crippen LogP contribution in [0.2, 0.25) is 0 Å². The number of alkyl halides is 3. The van der Waals surface area contributed by atoms with Crippen LogP contribution < -0.4 is 20.1 Å². The number of hydrogen-bond donors (Lipinski definition) is 2. The smallest absolute Gasteiger partial charge is 0.421 e. The fraction of sp³-hybridized carbons (Fsp3) is 0.360. The van der Waals surface area contributed by atoms with Crippen LogP contribution in [0.15, 0.2) is 54.7 Å². The first kappa shape index (κ1) is 25.1. The zero-order chi connectivity index (χ0) is 24.7. The van der Waals surface area contributed by atoms with Crippen molar-refractivity contribution in [1.82, 2.24) is 9.97 Å². The van der Waals surface area contributed by atoms with E-state index in [9.17, 15) is 13.2 Å². The molecule has 9 heteroatoms. The van der Waals surface area contributed by atoms with Gasteiger partial charge in [0.1, 0.15) is 22.9 Å². The van der Waals surface area contributed by atoms with Crippen molar-refractivity contribution in [2.24, 2.45) is 5.92 Å². The van der Waals surface area contributed by atoms with Crippen LogP contribution in [0, 0.1) is 5.92 Å². The number of nitrogens with one attached hydrogen (secondary N) is 2. The van der Waals surface area contributed by atoms with E-state index < -0.39 is 11.7 Å². The fourth-order valence-electron chi connectivity index (χ4n) is 2.87. The highest BCUT2D eigenvalue weighted by molar-refractivity contribution is 5.64. The lowest BCUT2D eigenvalue weighted by atomic mass is 10.2. The van der Waals surface area contributed by atoms with Crippen LogP contribution in [-0.4, -0.2) is 22.7 Å². The van der Waals surface area contributed by atoms with Crippen LogP contribution in [0.3, 0.4) is 0 Å². The topological polar surface area (TPSA) is 68.3 Å². The van der Waals surface area contributed by atoms with Crippen molar-refractivity contribution in [2.75, 3.05) is 17.2 Å². The molecule has 0 radical (unpaired) electrons. The molecule has 3 rings (SSSR count). The molecule has 0 amide bonds. The summed E-state index contributed by atoms with van der Waals surface area (Å²) < 4.78 is 52.2. The van der Waals surface area contributed by atoms with Gasteiger partial charge in [0.25, 0.3) is 0 Å². The van der Waals surface area contributed by atoms with E-state index in [0.717, 1.165) is 12.6 Å². The Hall–Kier alpha value is -3.49. The predicted octanol–water partition coefficient (Wildman–Crippen LogP) is 7.19. The van der Waals surface area contributed by atoms with Crippen molar-refractivity contribution < 1.29 is 22.6 Å². The van der Waals surface area contributed by atoms with Gasteiger partial charge in [-0.1, -0.05) is 26.8 Å². The van der Waals surface area contributed by atoms with Crippen LogP contribution in [0.4, 0.5) is 36.3 Å². The molecule has 0 saturated carbocycles. The van der Waals surface area contributed by atoms with Crippen LogP contribution in [0.1, 0.15) is 39.7 Å². The zero-order valence-corrected chi connectivity index (χ0v) is 19.6. The van der Waals surface area contributed by atoms with Crippen molar-refractivity contribution in [2.45, 2.75) is 46.4 Å². The summed E-state index contributed by atoms with van der Waals surface area (Å²) in [6.07, 6.45) is -3.07. The first-order valence-corrected chi connectivity index (χ1v) is 11.1. The summed E-state index contributed by atoms with van der Waals surface area (Å²) in [4.78, 5) is 7.95. The Kier molecular flexibility index (Phi) is 8.20. The molecule has 0 aliphatic heterocycles. The molecule has 1 unspecified atom stereocenters. The van der Waals surface area contributed by atoms with Gasteiger partial charge in [0.05, 0.1) is 12.7 Å². The summed E-state index contributed by atoms with van der Waals surface area (Å²) in [5, 5.41) is 5.70. The van der Waals surface area contributed by atoms with E-state index in [1.165, 1.54) is 0 Å². The van der Waals surface area contributed by atoms with Crippen LogP contribution >= 0.6 is 0 Å². The van der Waals surface area contributed by atoms with Crippen molar-refractivity contribution in [3.63, 3.8) is 0 Å².